The molecule has 19 heavy (non-hydrogen) atoms. The number of carboxylic acid groups (broad SMARTS) is 1. The first kappa shape index (κ1) is 15.6. The van der Waals surface area contributed by atoms with Gasteiger partial charge in [0.05, 0.1) is 21.3 Å². The predicted molar refractivity (Wildman–Crippen MR) is 71.7 cm³/mol. The molecule has 0 spiro atoms. The molecule has 1 unspecified atom stereocenters. The van der Waals surface area contributed by atoms with Crippen molar-refractivity contribution in [3.8, 4) is 0 Å². The Balaban J connectivity index is 3.17. The summed E-state index contributed by atoms with van der Waals surface area (Å²) >= 11 is 5.86. The molecule has 1 aromatic rings. The fraction of sp³-hybridized carbons (Fsp3) is 0.364. The lowest BCUT2D eigenvalue weighted by Gasteiger charge is -2.18. The van der Waals surface area contributed by atoms with Crippen molar-refractivity contribution in [1.29, 1.82) is 0 Å². The monoisotopic (exact) mass is 305 g/mol. The minimum absolute atomic E-state index is 0.0850. The summed E-state index contributed by atoms with van der Waals surface area (Å²) in [5.74, 6) is -1.52. The summed E-state index contributed by atoms with van der Waals surface area (Å²) in [6.45, 7) is 2.60. The molecule has 104 valence electrons. The van der Waals surface area contributed by atoms with Gasteiger partial charge in [0.25, 0.3) is 5.69 Å². The van der Waals surface area contributed by atoms with Gasteiger partial charge >= 0.3 is 5.97 Å². The maximum absolute atomic E-state index is 12.1. The van der Waals surface area contributed by atoms with Crippen molar-refractivity contribution < 1.29 is 19.0 Å². The van der Waals surface area contributed by atoms with Gasteiger partial charge in [-0.25, -0.2) is 0 Å². The quantitative estimate of drug-likeness (QED) is 0.665. The minimum Gasteiger partial charge on any atom is -0.480 e. The first-order valence-corrected chi connectivity index (χ1v) is 6.91. The van der Waals surface area contributed by atoms with Crippen molar-refractivity contribution >= 4 is 34.1 Å². The SMILES string of the molecule is CC(C)(C(=O)O)S(=O)Cc1c(Cl)cccc1[N+](=O)[O-]. The van der Waals surface area contributed by atoms with E-state index in [1.807, 2.05) is 0 Å². The molecule has 0 aliphatic carbocycles. The number of hydrogen-bond acceptors (Lipinski definition) is 4. The van der Waals surface area contributed by atoms with Crippen molar-refractivity contribution in [3.63, 3.8) is 0 Å². The number of aliphatic carboxylic acids is 1. The normalized spacial score (nSPS) is 13.0. The van der Waals surface area contributed by atoms with Gasteiger partial charge in [0, 0.05) is 16.9 Å². The number of nitro benzene ring substituents is 1. The van der Waals surface area contributed by atoms with E-state index in [4.69, 9.17) is 16.7 Å². The van der Waals surface area contributed by atoms with Gasteiger partial charge in [-0.05, 0) is 19.9 Å². The number of nitro groups is 1. The summed E-state index contributed by atoms with van der Waals surface area (Å²) in [7, 11) is -1.84. The Labute approximate surface area is 117 Å². The Morgan fingerprint density at radius 2 is 2.11 bits per heavy atom. The minimum atomic E-state index is -1.84. The maximum atomic E-state index is 12.1. The van der Waals surface area contributed by atoms with Gasteiger partial charge in [-0.3, -0.25) is 19.1 Å². The van der Waals surface area contributed by atoms with Crippen LogP contribution in [0.15, 0.2) is 18.2 Å². The molecule has 0 aromatic heterocycles. The number of rotatable bonds is 5. The van der Waals surface area contributed by atoms with E-state index in [1.54, 1.807) is 0 Å². The summed E-state index contributed by atoms with van der Waals surface area (Å²) < 4.78 is 10.5. The van der Waals surface area contributed by atoms with Crippen LogP contribution in [-0.2, 0) is 21.3 Å². The average molecular weight is 306 g/mol. The van der Waals surface area contributed by atoms with Crippen molar-refractivity contribution in [2.24, 2.45) is 0 Å². The molecule has 0 aliphatic rings. The molecule has 0 amide bonds. The zero-order valence-corrected chi connectivity index (χ0v) is 11.8. The fourth-order valence-corrected chi connectivity index (χ4v) is 2.71. The third-order valence-electron chi connectivity index (χ3n) is 2.65. The number of hydrogen-bond donors (Lipinski definition) is 1. The Morgan fingerprint density at radius 3 is 2.58 bits per heavy atom. The lowest BCUT2D eigenvalue weighted by molar-refractivity contribution is -0.385. The topological polar surface area (TPSA) is 97.5 Å². The number of nitrogens with zero attached hydrogens (tertiary/aromatic N) is 1. The number of carboxylic acids is 1. The van der Waals surface area contributed by atoms with Gasteiger partial charge in [-0.2, -0.15) is 0 Å². The van der Waals surface area contributed by atoms with Gasteiger partial charge in [-0.1, -0.05) is 17.7 Å². The highest BCUT2D eigenvalue weighted by Gasteiger charge is 2.35. The molecule has 0 fully saturated rings. The van der Waals surface area contributed by atoms with Crippen LogP contribution in [0, 0.1) is 10.1 Å². The van der Waals surface area contributed by atoms with Crippen molar-refractivity contribution in [1.82, 2.24) is 0 Å². The molecular weight excluding hydrogens is 294 g/mol. The van der Waals surface area contributed by atoms with Crippen molar-refractivity contribution in [2.45, 2.75) is 24.3 Å². The predicted octanol–water partition coefficient (Wildman–Crippen LogP) is 2.36. The van der Waals surface area contributed by atoms with E-state index in [0.29, 0.717) is 0 Å². The zero-order valence-electron chi connectivity index (χ0n) is 10.3. The number of benzene rings is 1. The van der Waals surface area contributed by atoms with Crippen LogP contribution in [0.2, 0.25) is 5.02 Å². The summed E-state index contributed by atoms with van der Waals surface area (Å²) in [5.41, 5.74) is -0.177. The Morgan fingerprint density at radius 1 is 1.53 bits per heavy atom. The van der Waals surface area contributed by atoms with Crippen molar-refractivity contribution in [3.05, 3.63) is 38.9 Å². The summed E-state index contributed by atoms with van der Waals surface area (Å²) in [6.07, 6.45) is 0. The largest absolute Gasteiger partial charge is 0.480 e. The molecular formula is C11H12ClNO5S. The van der Waals surface area contributed by atoms with E-state index in [2.05, 4.69) is 0 Å². The molecule has 6 nitrogen and oxygen atoms in total. The van der Waals surface area contributed by atoms with Crippen LogP contribution in [-0.4, -0.2) is 25.0 Å². The van der Waals surface area contributed by atoms with E-state index in [0.717, 1.165) is 0 Å². The van der Waals surface area contributed by atoms with Gasteiger partial charge in [0.15, 0.2) is 0 Å². The first-order valence-electron chi connectivity index (χ1n) is 5.21. The van der Waals surface area contributed by atoms with Crippen LogP contribution in [0.4, 0.5) is 5.69 Å². The van der Waals surface area contributed by atoms with Crippen LogP contribution < -0.4 is 0 Å². The standard InChI is InChI=1S/C11H12ClNO5S/c1-11(2,10(14)15)19(18)6-7-8(12)4-3-5-9(7)13(16)17/h3-5H,6H2,1-2H3,(H,14,15). The lowest BCUT2D eigenvalue weighted by Crippen LogP contribution is -2.37. The molecule has 0 heterocycles. The molecule has 1 aromatic carbocycles. The Kier molecular flexibility index (Phi) is 4.65. The first-order chi connectivity index (χ1) is 8.67. The highest BCUT2D eigenvalue weighted by atomic mass is 35.5. The van der Waals surface area contributed by atoms with Gasteiger partial charge < -0.3 is 5.11 Å². The summed E-state index contributed by atoms with van der Waals surface area (Å²) in [6, 6.07) is 4.09. The average Bonchev–Trinajstić information content (AvgIpc) is 2.30. The van der Waals surface area contributed by atoms with Crippen molar-refractivity contribution in [2.75, 3.05) is 0 Å². The molecule has 0 radical (unpaired) electrons. The lowest BCUT2D eigenvalue weighted by atomic mass is 10.2. The number of halogens is 1. The van der Waals surface area contributed by atoms with E-state index in [1.165, 1.54) is 32.0 Å². The fourth-order valence-electron chi connectivity index (χ4n) is 1.27. The van der Waals surface area contributed by atoms with E-state index in [9.17, 15) is 19.1 Å². The maximum Gasteiger partial charge on any atom is 0.321 e. The Hall–Kier alpha value is -1.47. The number of carbonyl (C=O) groups is 1. The van der Waals surface area contributed by atoms with E-state index >= 15 is 0 Å². The van der Waals surface area contributed by atoms with E-state index < -0.39 is 26.4 Å². The third kappa shape index (κ3) is 3.30. The van der Waals surface area contributed by atoms with Gasteiger partial charge in [0.2, 0.25) is 0 Å². The highest BCUT2D eigenvalue weighted by molar-refractivity contribution is 7.86. The molecule has 8 heteroatoms. The smallest absolute Gasteiger partial charge is 0.321 e. The van der Waals surface area contributed by atoms with Crippen LogP contribution >= 0.6 is 11.6 Å². The van der Waals surface area contributed by atoms with Gasteiger partial charge in [0.1, 0.15) is 4.75 Å². The second kappa shape index (κ2) is 5.66. The molecule has 1 atom stereocenters. The van der Waals surface area contributed by atoms with Crippen LogP contribution in [0.3, 0.4) is 0 Å². The highest BCUT2D eigenvalue weighted by Crippen LogP contribution is 2.29. The molecule has 0 saturated heterocycles. The van der Waals surface area contributed by atoms with Crippen LogP contribution in [0.5, 0.6) is 0 Å². The molecule has 0 aliphatic heterocycles. The zero-order chi connectivity index (χ0) is 14.8. The second-order valence-corrected chi connectivity index (χ2v) is 6.71. The Bertz CT molecular complexity index is 558. The van der Waals surface area contributed by atoms with Gasteiger partial charge in [-0.15, -0.1) is 0 Å². The summed E-state index contributed by atoms with van der Waals surface area (Å²) in [4.78, 5) is 21.2. The second-order valence-electron chi connectivity index (χ2n) is 4.30. The molecule has 0 bridgehead atoms. The third-order valence-corrected chi connectivity index (χ3v) is 4.87. The van der Waals surface area contributed by atoms with Crippen LogP contribution in [0.1, 0.15) is 19.4 Å². The molecule has 1 rings (SSSR count). The van der Waals surface area contributed by atoms with E-state index in [-0.39, 0.29) is 22.0 Å². The van der Waals surface area contributed by atoms with Crippen LogP contribution in [0.25, 0.3) is 0 Å². The molecule has 0 saturated carbocycles. The summed E-state index contributed by atoms with van der Waals surface area (Å²) in [5, 5.41) is 19.9. The molecule has 1 N–H and O–H groups in total.